The Morgan fingerprint density at radius 2 is 1.19 bits per heavy atom. The molecule has 1 unspecified atom stereocenters. The molecule has 0 aromatic heterocycles. The molecule has 4 heteroatoms. The van der Waals surface area contributed by atoms with Crippen LogP contribution in [-0.2, 0) is 6.42 Å². The highest BCUT2D eigenvalue weighted by Crippen LogP contribution is 2.40. The number of hydrogen-bond acceptors (Lipinski definition) is 4. The van der Waals surface area contributed by atoms with Crippen LogP contribution in [0.4, 0.5) is 0 Å². The monoisotopic (exact) mass is 372 g/mol. The van der Waals surface area contributed by atoms with Gasteiger partial charge < -0.3 is 20.4 Å². The maximum absolute atomic E-state index is 10.2. The summed E-state index contributed by atoms with van der Waals surface area (Å²) in [7, 11) is 0. The second-order valence-electron chi connectivity index (χ2n) is 7.23. The van der Waals surface area contributed by atoms with Gasteiger partial charge in [0.2, 0.25) is 0 Å². The number of phenols is 3. The Balaban J connectivity index is 1.51. The molecule has 2 rings (SSSR count). The third-order valence-electron chi connectivity index (χ3n) is 5.04. The molecule has 0 amide bonds. The van der Waals surface area contributed by atoms with Crippen molar-refractivity contribution in [1.29, 1.82) is 0 Å². The number of hydrogen-bond donors (Lipinski definition) is 4. The molecule has 0 spiro atoms. The standard InChI is InChI=1S/C23H32O4/c24-19(22-20(25)16-17-21(26)23(22)27)15-11-6-4-2-1-3-5-8-12-18-13-9-7-10-14-18/h7,9-10,13-14,16-17,19,24-27H,1-6,8,11-12,15H2. The smallest absolute Gasteiger partial charge is 0.167 e. The lowest BCUT2D eigenvalue weighted by Crippen LogP contribution is -1.99. The summed E-state index contributed by atoms with van der Waals surface area (Å²) in [6, 6.07) is 13.1. The van der Waals surface area contributed by atoms with E-state index >= 15 is 0 Å². The van der Waals surface area contributed by atoms with E-state index in [1.807, 2.05) is 0 Å². The van der Waals surface area contributed by atoms with Gasteiger partial charge >= 0.3 is 0 Å². The van der Waals surface area contributed by atoms with Crippen LogP contribution in [0.3, 0.4) is 0 Å². The third-order valence-corrected chi connectivity index (χ3v) is 5.04. The van der Waals surface area contributed by atoms with Crippen LogP contribution in [0.15, 0.2) is 42.5 Å². The minimum absolute atomic E-state index is 0.0217. The predicted molar refractivity (Wildman–Crippen MR) is 108 cm³/mol. The predicted octanol–water partition coefficient (Wildman–Crippen LogP) is 5.59. The Morgan fingerprint density at radius 3 is 1.85 bits per heavy atom. The summed E-state index contributed by atoms with van der Waals surface area (Å²) in [6.07, 6.45) is 9.84. The number of aliphatic hydroxyl groups excluding tert-OH is 1. The molecule has 0 heterocycles. The van der Waals surface area contributed by atoms with E-state index in [4.69, 9.17) is 0 Å². The Kier molecular flexibility index (Phi) is 8.99. The molecule has 0 radical (unpaired) electrons. The van der Waals surface area contributed by atoms with Gasteiger partial charge in [0.25, 0.3) is 0 Å². The lowest BCUT2D eigenvalue weighted by molar-refractivity contribution is 0.155. The molecular weight excluding hydrogens is 340 g/mol. The Morgan fingerprint density at radius 1 is 0.630 bits per heavy atom. The highest BCUT2D eigenvalue weighted by molar-refractivity contribution is 5.52. The maximum Gasteiger partial charge on any atom is 0.167 e. The van der Waals surface area contributed by atoms with Crippen LogP contribution >= 0.6 is 0 Å². The van der Waals surface area contributed by atoms with Crippen LogP contribution in [0.5, 0.6) is 17.2 Å². The van der Waals surface area contributed by atoms with Crippen molar-refractivity contribution in [2.24, 2.45) is 0 Å². The topological polar surface area (TPSA) is 80.9 Å². The second-order valence-corrected chi connectivity index (χ2v) is 7.23. The number of unbranched alkanes of at least 4 members (excludes halogenated alkanes) is 7. The van der Waals surface area contributed by atoms with Gasteiger partial charge in [-0.2, -0.15) is 0 Å². The quantitative estimate of drug-likeness (QED) is 0.222. The average Bonchev–Trinajstić information content (AvgIpc) is 2.67. The van der Waals surface area contributed by atoms with Crippen LogP contribution in [0, 0.1) is 0 Å². The van der Waals surface area contributed by atoms with Crippen LogP contribution in [0.1, 0.15) is 75.0 Å². The maximum atomic E-state index is 10.2. The van der Waals surface area contributed by atoms with Gasteiger partial charge in [0.15, 0.2) is 11.5 Å². The largest absolute Gasteiger partial charge is 0.507 e. The number of phenolic OH excluding ortho intramolecular Hbond substituents is 3. The van der Waals surface area contributed by atoms with Gasteiger partial charge in [-0.15, -0.1) is 0 Å². The van der Waals surface area contributed by atoms with Crippen LogP contribution in [0.2, 0.25) is 0 Å². The molecule has 0 saturated heterocycles. The zero-order valence-electron chi connectivity index (χ0n) is 16.0. The fourth-order valence-electron chi connectivity index (χ4n) is 3.43. The zero-order valence-corrected chi connectivity index (χ0v) is 16.0. The van der Waals surface area contributed by atoms with Crippen molar-refractivity contribution in [3.05, 3.63) is 53.6 Å². The summed E-state index contributed by atoms with van der Waals surface area (Å²) in [4.78, 5) is 0. The van der Waals surface area contributed by atoms with Crippen molar-refractivity contribution in [1.82, 2.24) is 0 Å². The van der Waals surface area contributed by atoms with Gasteiger partial charge in [0.05, 0.1) is 11.7 Å². The lowest BCUT2D eigenvalue weighted by Gasteiger charge is -2.15. The highest BCUT2D eigenvalue weighted by atomic mass is 16.3. The average molecular weight is 373 g/mol. The van der Waals surface area contributed by atoms with Crippen LogP contribution in [-0.4, -0.2) is 20.4 Å². The van der Waals surface area contributed by atoms with E-state index in [1.54, 1.807) is 0 Å². The SMILES string of the molecule is Oc1ccc(O)c(C(O)CCCCCCCCCCc2ccccc2)c1O. The molecule has 2 aromatic carbocycles. The Bertz CT molecular complexity index is 670. The molecule has 27 heavy (non-hydrogen) atoms. The third kappa shape index (κ3) is 7.14. The molecule has 4 N–H and O–H groups in total. The number of aryl methyl sites for hydroxylation is 1. The fraction of sp³-hybridized carbons (Fsp3) is 0.478. The molecule has 0 fully saturated rings. The molecule has 0 bridgehead atoms. The van der Waals surface area contributed by atoms with E-state index in [9.17, 15) is 20.4 Å². The molecule has 0 saturated carbocycles. The second kappa shape index (κ2) is 11.5. The molecule has 0 aliphatic heterocycles. The van der Waals surface area contributed by atoms with Crippen molar-refractivity contribution < 1.29 is 20.4 Å². The fourth-order valence-corrected chi connectivity index (χ4v) is 3.43. The number of rotatable bonds is 12. The molecular formula is C23H32O4. The lowest BCUT2D eigenvalue weighted by atomic mass is 9.99. The first-order valence-electron chi connectivity index (χ1n) is 10.1. The molecule has 0 aliphatic rings. The van der Waals surface area contributed by atoms with E-state index < -0.39 is 11.9 Å². The van der Waals surface area contributed by atoms with Crippen molar-refractivity contribution in [3.63, 3.8) is 0 Å². The van der Waals surface area contributed by atoms with Gasteiger partial charge in [-0.05, 0) is 37.0 Å². The van der Waals surface area contributed by atoms with Crippen LogP contribution < -0.4 is 0 Å². The number of aromatic hydroxyl groups is 3. The van der Waals surface area contributed by atoms with Crippen molar-refractivity contribution in [2.75, 3.05) is 0 Å². The zero-order chi connectivity index (χ0) is 19.5. The highest BCUT2D eigenvalue weighted by Gasteiger charge is 2.19. The van der Waals surface area contributed by atoms with E-state index in [0.29, 0.717) is 6.42 Å². The molecule has 4 nitrogen and oxygen atoms in total. The Hall–Kier alpha value is -2.20. The first kappa shape index (κ1) is 21.1. The molecule has 2 aromatic rings. The van der Waals surface area contributed by atoms with Crippen molar-refractivity contribution in [3.8, 4) is 17.2 Å². The van der Waals surface area contributed by atoms with Crippen molar-refractivity contribution in [2.45, 2.75) is 70.3 Å². The molecule has 0 aliphatic carbocycles. The first-order chi connectivity index (χ1) is 13.1. The summed E-state index contributed by atoms with van der Waals surface area (Å²) >= 11 is 0. The van der Waals surface area contributed by atoms with Gasteiger partial charge in [0, 0.05) is 0 Å². The summed E-state index contributed by atoms with van der Waals surface area (Å²) in [5.41, 5.74) is 1.44. The van der Waals surface area contributed by atoms with Crippen molar-refractivity contribution >= 4 is 0 Å². The number of aliphatic hydroxyl groups is 1. The minimum Gasteiger partial charge on any atom is -0.507 e. The summed E-state index contributed by atoms with van der Waals surface area (Å²) in [6.45, 7) is 0. The summed E-state index contributed by atoms with van der Waals surface area (Å²) in [5, 5.41) is 39.2. The van der Waals surface area contributed by atoms with E-state index in [0.717, 1.165) is 25.7 Å². The number of benzene rings is 2. The molecule has 1 atom stereocenters. The summed E-state index contributed by atoms with van der Waals surface area (Å²) < 4.78 is 0. The van der Waals surface area contributed by atoms with Gasteiger partial charge in [-0.3, -0.25) is 0 Å². The van der Waals surface area contributed by atoms with E-state index in [-0.39, 0.29) is 17.1 Å². The normalized spacial score (nSPS) is 12.2. The first-order valence-corrected chi connectivity index (χ1v) is 10.1. The minimum atomic E-state index is -0.963. The van der Waals surface area contributed by atoms with Gasteiger partial charge in [0.1, 0.15) is 5.75 Å². The Labute approximate surface area is 162 Å². The van der Waals surface area contributed by atoms with Crippen LogP contribution in [0.25, 0.3) is 0 Å². The van der Waals surface area contributed by atoms with E-state index in [1.165, 1.54) is 49.8 Å². The summed E-state index contributed by atoms with van der Waals surface area (Å²) in [5.74, 6) is -0.944. The van der Waals surface area contributed by atoms with E-state index in [2.05, 4.69) is 30.3 Å². The van der Waals surface area contributed by atoms with Gasteiger partial charge in [-0.1, -0.05) is 75.3 Å². The van der Waals surface area contributed by atoms with Gasteiger partial charge in [-0.25, -0.2) is 0 Å². The molecule has 148 valence electrons.